The van der Waals surface area contributed by atoms with Crippen LogP contribution in [0.3, 0.4) is 0 Å². The Morgan fingerprint density at radius 3 is 2.97 bits per heavy atom. The van der Waals surface area contributed by atoms with Crippen LogP contribution in [0, 0.1) is 5.82 Å². The van der Waals surface area contributed by atoms with Crippen LogP contribution in [0.5, 0.6) is 0 Å². The van der Waals surface area contributed by atoms with Gasteiger partial charge in [-0.25, -0.2) is 18.6 Å². The number of nitrogens with two attached hydrogens (primary N) is 1. The van der Waals surface area contributed by atoms with E-state index in [-0.39, 0.29) is 5.96 Å². The summed E-state index contributed by atoms with van der Waals surface area (Å²) >= 11 is 3.43. The maximum atomic E-state index is 15.2. The molecule has 10 heteroatoms. The molecule has 0 bridgehead atoms. The van der Waals surface area contributed by atoms with Gasteiger partial charge in [-0.3, -0.25) is 9.29 Å². The second-order valence-corrected chi connectivity index (χ2v) is 11.6. The lowest BCUT2D eigenvalue weighted by atomic mass is 9.87. The number of hydrogen-bond donors (Lipinski definition) is 2. The van der Waals surface area contributed by atoms with E-state index in [2.05, 4.69) is 37.1 Å². The number of rotatable bonds is 3. The average molecular weight is 517 g/mol. The third-order valence-electron chi connectivity index (χ3n) is 6.36. The Bertz CT molecular complexity index is 1380. The van der Waals surface area contributed by atoms with E-state index >= 15 is 4.39 Å². The second-order valence-electron chi connectivity index (χ2n) is 8.17. The maximum Gasteiger partial charge on any atom is 0.203 e. The number of hydrogen-bond acceptors (Lipinski definition) is 6. The van der Waals surface area contributed by atoms with Crippen molar-refractivity contribution in [2.45, 2.75) is 30.1 Å². The molecule has 2 aliphatic rings. The highest BCUT2D eigenvalue weighted by Crippen LogP contribution is 2.50. The fraction of sp³-hybridized carbons (Fsp3) is 0.273. The van der Waals surface area contributed by atoms with E-state index in [0.29, 0.717) is 35.4 Å². The largest absolute Gasteiger partial charge is 0.369 e. The van der Waals surface area contributed by atoms with Gasteiger partial charge in [0.15, 0.2) is 5.82 Å². The Morgan fingerprint density at radius 1 is 1.34 bits per heavy atom. The fourth-order valence-corrected chi connectivity index (χ4v) is 7.29. The maximum absolute atomic E-state index is 15.2. The van der Waals surface area contributed by atoms with Gasteiger partial charge in [0.25, 0.3) is 0 Å². The predicted molar refractivity (Wildman–Crippen MR) is 131 cm³/mol. The standard InChI is InChI=1S/C22H22BrFN6OS/c1-30-21(25)29-22(8-3-4-18(22)32(30,2)31)16-11-15(5-6-17(16)24)28-20-19-13(7-9-26-20)10-14(23)12-27-19/h5-7,9-12,18H,2-4,8H2,1H3,(H2,25,29)(H,26,28)/t18?,22-,32?/m1/s1. The number of benzene rings is 1. The average Bonchev–Trinajstić information content (AvgIpc) is 3.19. The Kier molecular flexibility index (Phi) is 4.90. The first kappa shape index (κ1) is 21.1. The molecule has 1 fully saturated rings. The predicted octanol–water partition coefficient (Wildman–Crippen LogP) is 3.91. The van der Waals surface area contributed by atoms with E-state index in [1.165, 1.54) is 10.4 Å². The van der Waals surface area contributed by atoms with Crippen molar-refractivity contribution >= 4 is 59.9 Å². The zero-order valence-electron chi connectivity index (χ0n) is 17.4. The van der Waals surface area contributed by atoms with Crippen molar-refractivity contribution < 1.29 is 8.60 Å². The van der Waals surface area contributed by atoms with Gasteiger partial charge in [0.2, 0.25) is 5.96 Å². The highest BCUT2D eigenvalue weighted by Gasteiger charge is 2.54. The number of halogens is 2. The molecule has 3 heterocycles. The van der Waals surface area contributed by atoms with Crippen LogP contribution in [-0.4, -0.2) is 42.6 Å². The summed E-state index contributed by atoms with van der Waals surface area (Å²) in [4.78, 5) is 13.6. The Balaban J connectivity index is 1.61. The third kappa shape index (κ3) is 3.15. The number of anilines is 2. The van der Waals surface area contributed by atoms with Crippen LogP contribution in [0.15, 0.2) is 52.2 Å². The first-order valence-electron chi connectivity index (χ1n) is 10.1. The van der Waals surface area contributed by atoms with Crippen molar-refractivity contribution in [3.8, 4) is 0 Å². The summed E-state index contributed by atoms with van der Waals surface area (Å²) in [6.07, 6.45) is 5.36. The Hall–Kier alpha value is -2.72. The zero-order valence-corrected chi connectivity index (χ0v) is 19.8. The van der Waals surface area contributed by atoms with E-state index in [1.807, 2.05) is 12.1 Å². The van der Waals surface area contributed by atoms with Crippen LogP contribution < -0.4 is 11.1 Å². The van der Waals surface area contributed by atoms with Gasteiger partial charge in [-0.15, -0.1) is 0 Å². The SMILES string of the molecule is C=S1(=O)C2CCC[C@]2(c2cc(Nc3nccc4cc(Br)cnc34)ccc2F)N=C(N)N1C. The van der Waals surface area contributed by atoms with Gasteiger partial charge in [-0.1, -0.05) is 0 Å². The minimum Gasteiger partial charge on any atom is -0.369 e. The van der Waals surface area contributed by atoms with Crippen LogP contribution in [-0.2, 0) is 15.2 Å². The normalized spacial score (nSPS) is 27.3. The molecule has 1 aliphatic carbocycles. The van der Waals surface area contributed by atoms with Crippen LogP contribution in [0.1, 0.15) is 24.8 Å². The van der Waals surface area contributed by atoms with E-state index in [4.69, 9.17) is 10.7 Å². The number of aromatic nitrogens is 2. The van der Waals surface area contributed by atoms with Crippen molar-refractivity contribution in [1.29, 1.82) is 0 Å². The van der Waals surface area contributed by atoms with Crippen molar-refractivity contribution in [2.24, 2.45) is 10.7 Å². The topological polar surface area (TPSA) is 96.5 Å². The summed E-state index contributed by atoms with van der Waals surface area (Å²) in [5, 5.41) is 3.75. The van der Waals surface area contributed by atoms with Gasteiger partial charge in [0.05, 0.1) is 15.0 Å². The van der Waals surface area contributed by atoms with E-state index in [9.17, 15) is 4.21 Å². The molecule has 166 valence electrons. The molecule has 7 nitrogen and oxygen atoms in total. The van der Waals surface area contributed by atoms with Gasteiger partial charge >= 0.3 is 0 Å². The fourth-order valence-electron chi connectivity index (χ4n) is 4.76. The number of aliphatic imine (C=N–C) groups is 1. The van der Waals surface area contributed by atoms with E-state index in [1.54, 1.807) is 31.6 Å². The molecule has 0 amide bonds. The van der Waals surface area contributed by atoms with Crippen molar-refractivity contribution in [3.05, 3.63) is 58.6 Å². The van der Waals surface area contributed by atoms with Gasteiger partial charge in [-0.05, 0) is 71.4 Å². The molecule has 3 atom stereocenters. The first-order valence-corrected chi connectivity index (χ1v) is 12.7. The molecule has 32 heavy (non-hydrogen) atoms. The van der Waals surface area contributed by atoms with Crippen LogP contribution in [0.2, 0.25) is 0 Å². The van der Waals surface area contributed by atoms with Gasteiger partial charge < -0.3 is 11.1 Å². The molecule has 2 aromatic heterocycles. The smallest absolute Gasteiger partial charge is 0.203 e. The molecule has 1 aliphatic heterocycles. The molecule has 1 aromatic carbocycles. The Labute approximate surface area is 194 Å². The number of guanidine groups is 1. The molecule has 5 rings (SSSR count). The lowest BCUT2D eigenvalue weighted by Gasteiger charge is -2.42. The van der Waals surface area contributed by atoms with E-state index in [0.717, 1.165) is 16.3 Å². The van der Waals surface area contributed by atoms with Crippen LogP contribution in [0.4, 0.5) is 15.9 Å². The van der Waals surface area contributed by atoms with Crippen molar-refractivity contribution in [1.82, 2.24) is 14.3 Å². The lowest BCUT2D eigenvalue weighted by Crippen LogP contribution is -2.55. The van der Waals surface area contributed by atoms with Gasteiger partial charge in [0, 0.05) is 40.6 Å². The highest BCUT2D eigenvalue weighted by atomic mass is 79.9. The van der Waals surface area contributed by atoms with Crippen molar-refractivity contribution in [3.63, 3.8) is 0 Å². The van der Waals surface area contributed by atoms with Gasteiger partial charge in [-0.2, -0.15) is 0 Å². The Morgan fingerprint density at radius 2 is 2.16 bits per heavy atom. The summed E-state index contributed by atoms with van der Waals surface area (Å²) < 4.78 is 31.0. The van der Waals surface area contributed by atoms with Crippen LogP contribution in [0.25, 0.3) is 10.9 Å². The summed E-state index contributed by atoms with van der Waals surface area (Å²) in [6, 6.07) is 8.57. The summed E-state index contributed by atoms with van der Waals surface area (Å²) in [5.41, 5.74) is 6.81. The molecule has 2 unspecified atom stereocenters. The molecule has 0 radical (unpaired) electrons. The molecule has 0 saturated heterocycles. The zero-order chi connectivity index (χ0) is 22.7. The van der Waals surface area contributed by atoms with Crippen LogP contribution >= 0.6 is 15.9 Å². The molecular weight excluding hydrogens is 495 g/mol. The minimum absolute atomic E-state index is 0.117. The number of pyridine rings is 2. The van der Waals surface area contributed by atoms with Crippen molar-refractivity contribution in [2.75, 3.05) is 12.4 Å². The number of fused-ring (bicyclic) bond motifs is 2. The van der Waals surface area contributed by atoms with E-state index < -0.39 is 26.3 Å². The molecule has 1 saturated carbocycles. The quantitative estimate of drug-likeness (QED) is 0.514. The molecular formula is C22H22BrFN6OS. The monoisotopic (exact) mass is 516 g/mol. The summed E-state index contributed by atoms with van der Waals surface area (Å²) in [6.45, 7) is 0. The third-order valence-corrected chi connectivity index (χ3v) is 9.43. The highest BCUT2D eigenvalue weighted by molar-refractivity contribution is 9.10. The first-order chi connectivity index (χ1) is 15.2. The summed E-state index contributed by atoms with van der Waals surface area (Å²) in [5.74, 6) is 4.23. The molecule has 3 N–H and O–H groups in total. The molecule has 3 aromatic rings. The summed E-state index contributed by atoms with van der Waals surface area (Å²) in [7, 11) is -1.13. The minimum atomic E-state index is -2.75. The molecule has 0 spiro atoms. The number of nitrogens with zero attached hydrogens (tertiary/aromatic N) is 4. The number of nitrogens with one attached hydrogen (secondary N) is 1. The lowest BCUT2D eigenvalue weighted by molar-refractivity contribution is 0.416. The second kappa shape index (κ2) is 7.41. The van der Waals surface area contributed by atoms with Gasteiger partial charge in [0.1, 0.15) is 16.9 Å².